The first-order chi connectivity index (χ1) is 6.71. The van der Waals surface area contributed by atoms with Gasteiger partial charge in [-0.2, -0.15) is 5.10 Å². The number of halogens is 1. The van der Waals surface area contributed by atoms with Gasteiger partial charge in [-0.05, 0) is 31.7 Å². The Morgan fingerprint density at radius 3 is 2.71 bits per heavy atom. The van der Waals surface area contributed by atoms with Gasteiger partial charge in [0.2, 0.25) is 0 Å². The number of aryl methyl sites for hydroxylation is 2. The summed E-state index contributed by atoms with van der Waals surface area (Å²) in [5.74, 6) is 0.682. The molecule has 0 fully saturated rings. The molecule has 1 aromatic heterocycles. The molecular weight excluding hydrogens is 240 g/mol. The van der Waals surface area contributed by atoms with Gasteiger partial charge in [-0.1, -0.05) is 29.8 Å². The van der Waals surface area contributed by atoms with Crippen molar-refractivity contribution in [2.75, 3.05) is 5.33 Å². The van der Waals surface area contributed by atoms with E-state index < -0.39 is 0 Å². The third-order valence-electron chi connectivity index (χ3n) is 2.40. The zero-order valence-electron chi connectivity index (χ0n) is 9.26. The first kappa shape index (κ1) is 11.8. The zero-order chi connectivity index (χ0) is 10.6. The molecule has 0 spiro atoms. The smallest absolute Gasteiger partial charge is 0.0624 e. The van der Waals surface area contributed by atoms with Crippen LogP contribution in [0.4, 0.5) is 0 Å². The van der Waals surface area contributed by atoms with Crippen LogP contribution in [0.5, 0.6) is 0 Å². The van der Waals surface area contributed by atoms with Gasteiger partial charge in [0.1, 0.15) is 0 Å². The van der Waals surface area contributed by atoms with E-state index in [4.69, 9.17) is 0 Å². The monoisotopic (exact) mass is 258 g/mol. The third-order valence-corrected chi connectivity index (χ3v) is 3.50. The second-order valence-electron chi connectivity index (χ2n) is 3.76. The van der Waals surface area contributed by atoms with Crippen LogP contribution < -0.4 is 0 Å². The van der Waals surface area contributed by atoms with Crippen LogP contribution in [-0.4, -0.2) is 15.1 Å². The molecule has 0 saturated heterocycles. The number of aromatic nitrogens is 2. The lowest BCUT2D eigenvalue weighted by Gasteiger charge is -2.08. The molecule has 2 nitrogen and oxygen atoms in total. The summed E-state index contributed by atoms with van der Waals surface area (Å²) in [6.07, 6.45) is 2.15. The van der Waals surface area contributed by atoms with Crippen LogP contribution in [0.1, 0.15) is 32.2 Å². The molecule has 0 N–H and O–H groups in total. The molecule has 1 atom stereocenters. The van der Waals surface area contributed by atoms with E-state index >= 15 is 0 Å². The van der Waals surface area contributed by atoms with Gasteiger partial charge >= 0.3 is 0 Å². The molecule has 0 radical (unpaired) electrons. The van der Waals surface area contributed by atoms with E-state index in [1.54, 1.807) is 0 Å². The molecule has 0 amide bonds. The van der Waals surface area contributed by atoms with Crippen LogP contribution >= 0.6 is 15.9 Å². The van der Waals surface area contributed by atoms with Crippen molar-refractivity contribution in [2.45, 2.75) is 40.2 Å². The number of alkyl halides is 1. The Hall–Kier alpha value is -0.310. The van der Waals surface area contributed by atoms with Crippen molar-refractivity contribution in [1.29, 1.82) is 0 Å². The lowest BCUT2D eigenvalue weighted by Crippen LogP contribution is -2.08. The van der Waals surface area contributed by atoms with E-state index in [9.17, 15) is 0 Å². The summed E-state index contributed by atoms with van der Waals surface area (Å²) in [4.78, 5) is 0. The Kier molecular flexibility index (Phi) is 4.66. The van der Waals surface area contributed by atoms with Crippen molar-refractivity contribution in [3.63, 3.8) is 0 Å². The van der Waals surface area contributed by atoms with Gasteiger partial charge in [-0.25, -0.2) is 0 Å². The highest BCUT2D eigenvalue weighted by atomic mass is 79.9. The number of rotatable bonds is 5. The van der Waals surface area contributed by atoms with E-state index in [0.717, 1.165) is 24.7 Å². The summed E-state index contributed by atoms with van der Waals surface area (Å²) in [6.45, 7) is 7.53. The Bertz CT molecular complexity index is 281. The SMILES string of the molecule is CCc1cc(CC(C)CBr)n(CC)n1. The van der Waals surface area contributed by atoms with E-state index in [-0.39, 0.29) is 0 Å². The summed E-state index contributed by atoms with van der Waals surface area (Å²) in [5.41, 5.74) is 2.58. The normalized spacial score (nSPS) is 13.1. The predicted octanol–water partition coefficient (Wildman–Crippen LogP) is 3.04. The third kappa shape index (κ3) is 2.84. The molecule has 0 aliphatic rings. The molecule has 0 aliphatic heterocycles. The Morgan fingerprint density at radius 2 is 2.21 bits per heavy atom. The molecule has 1 rings (SSSR count). The molecule has 1 aromatic rings. The van der Waals surface area contributed by atoms with E-state index in [1.807, 2.05) is 0 Å². The lowest BCUT2D eigenvalue weighted by molar-refractivity contribution is 0.566. The minimum Gasteiger partial charge on any atom is -0.270 e. The number of nitrogens with zero attached hydrogens (tertiary/aromatic N) is 2. The van der Waals surface area contributed by atoms with Crippen LogP contribution in [0.3, 0.4) is 0 Å². The molecule has 1 heterocycles. The van der Waals surface area contributed by atoms with Crippen molar-refractivity contribution in [3.8, 4) is 0 Å². The molecule has 14 heavy (non-hydrogen) atoms. The second-order valence-corrected chi connectivity index (χ2v) is 4.41. The van der Waals surface area contributed by atoms with Crippen molar-refractivity contribution in [2.24, 2.45) is 5.92 Å². The fourth-order valence-corrected chi connectivity index (χ4v) is 1.77. The standard InChI is InChI=1S/C11H19BrN2/c1-4-10-7-11(6-9(3)8-12)14(5-2)13-10/h7,9H,4-6,8H2,1-3H3. The molecule has 80 valence electrons. The maximum absolute atomic E-state index is 4.54. The zero-order valence-corrected chi connectivity index (χ0v) is 10.8. The minimum atomic E-state index is 0.682. The summed E-state index contributed by atoms with van der Waals surface area (Å²) in [6, 6.07) is 2.24. The summed E-state index contributed by atoms with van der Waals surface area (Å²) < 4.78 is 2.12. The van der Waals surface area contributed by atoms with Crippen molar-refractivity contribution < 1.29 is 0 Å². The fourth-order valence-electron chi connectivity index (χ4n) is 1.54. The van der Waals surface area contributed by atoms with Gasteiger partial charge in [0, 0.05) is 17.6 Å². The average Bonchev–Trinajstić information content (AvgIpc) is 2.60. The Balaban J connectivity index is 2.78. The van der Waals surface area contributed by atoms with Crippen LogP contribution in [0, 0.1) is 5.92 Å². The molecule has 0 bridgehead atoms. The fraction of sp³-hybridized carbons (Fsp3) is 0.727. The predicted molar refractivity (Wildman–Crippen MR) is 63.9 cm³/mol. The van der Waals surface area contributed by atoms with E-state index in [2.05, 4.69) is 52.5 Å². The van der Waals surface area contributed by atoms with Crippen molar-refractivity contribution >= 4 is 15.9 Å². The molecule has 0 aromatic carbocycles. The second kappa shape index (κ2) is 5.54. The number of hydrogen-bond donors (Lipinski definition) is 0. The van der Waals surface area contributed by atoms with Crippen LogP contribution in [0.2, 0.25) is 0 Å². The van der Waals surface area contributed by atoms with Crippen LogP contribution in [-0.2, 0) is 19.4 Å². The maximum Gasteiger partial charge on any atom is 0.0624 e. The Labute approximate surface area is 94.8 Å². The van der Waals surface area contributed by atoms with Crippen molar-refractivity contribution in [1.82, 2.24) is 9.78 Å². The topological polar surface area (TPSA) is 17.8 Å². The van der Waals surface area contributed by atoms with Gasteiger partial charge in [-0.15, -0.1) is 0 Å². The van der Waals surface area contributed by atoms with Crippen molar-refractivity contribution in [3.05, 3.63) is 17.5 Å². The maximum atomic E-state index is 4.54. The van der Waals surface area contributed by atoms with Gasteiger partial charge < -0.3 is 0 Å². The summed E-state index contributed by atoms with van der Waals surface area (Å²) in [5, 5.41) is 5.59. The van der Waals surface area contributed by atoms with Gasteiger partial charge in [0.25, 0.3) is 0 Å². The summed E-state index contributed by atoms with van der Waals surface area (Å²) in [7, 11) is 0. The molecule has 3 heteroatoms. The van der Waals surface area contributed by atoms with Gasteiger partial charge in [0.05, 0.1) is 5.69 Å². The van der Waals surface area contributed by atoms with Gasteiger partial charge in [-0.3, -0.25) is 4.68 Å². The van der Waals surface area contributed by atoms with E-state index in [0.29, 0.717) is 5.92 Å². The van der Waals surface area contributed by atoms with Crippen LogP contribution in [0.25, 0.3) is 0 Å². The largest absolute Gasteiger partial charge is 0.270 e. The lowest BCUT2D eigenvalue weighted by atomic mass is 10.1. The average molecular weight is 259 g/mol. The number of hydrogen-bond acceptors (Lipinski definition) is 1. The first-order valence-corrected chi connectivity index (χ1v) is 6.44. The van der Waals surface area contributed by atoms with Gasteiger partial charge in [0.15, 0.2) is 0 Å². The summed E-state index contributed by atoms with van der Waals surface area (Å²) >= 11 is 3.51. The quantitative estimate of drug-likeness (QED) is 0.743. The molecule has 0 saturated carbocycles. The highest BCUT2D eigenvalue weighted by Crippen LogP contribution is 2.13. The highest BCUT2D eigenvalue weighted by Gasteiger charge is 2.08. The first-order valence-electron chi connectivity index (χ1n) is 5.32. The molecule has 1 unspecified atom stereocenters. The van der Waals surface area contributed by atoms with E-state index in [1.165, 1.54) is 11.4 Å². The van der Waals surface area contributed by atoms with Crippen LogP contribution in [0.15, 0.2) is 6.07 Å². The molecular formula is C11H19BrN2. The molecule has 0 aliphatic carbocycles. The minimum absolute atomic E-state index is 0.682. The highest BCUT2D eigenvalue weighted by molar-refractivity contribution is 9.09. The Morgan fingerprint density at radius 1 is 1.50 bits per heavy atom.